The Morgan fingerprint density at radius 1 is 1.00 bits per heavy atom. The van der Waals surface area contributed by atoms with Crippen molar-refractivity contribution in [1.29, 1.82) is 0 Å². The minimum absolute atomic E-state index is 0.0697. The summed E-state index contributed by atoms with van der Waals surface area (Å²) in [5, 5.41) is 9.65. The van der Waals surface area contributed by atoms with Crippen molar-refractivity contribution >= 4 is 17.5 Å². The van der Waals surface area contributed by atoms with Gasteiger partial charge in [-0.15, -0.1) is 0 Å². The molecule has 238 valence electrons. The second-order valence-electron chi connectivity index (χ2n) is 12.2. The number of oxazole rings is 1. The lowest BCUT2D eigenvalue weighted by molar-refractivity contribution is -0.124. The molecule has 1 aromatic heterocycles. The second-order valence-corrected chi connectivity index (χ2v) is 12.2. The highest BCUT2D eigenvalue weighted by Gasteiger charge is 2.60. The predicted molar refractivity (Wildman–Crippen MR) is 169 cm³/mol. The number of methoxy groups -OCH3 is 3. The van der Waals surface area contributed by atoms with Gasteiger partial charge in [0.1, 0.15) is 29.0 Å². The smallest absolute Gasteiger partial charge is 0.252 e. The molecule has 0 saturated heterocycles. The number of anilines is 1. The quantitative estimate of drug-likeness (QED) is 0.280. The summed E-state index contributed by atoms with van der Waals surface area (Å²) in [4.78, 5) is 32.7. The van der Waals surface area contributed by atoms with E-state index in [9.17, 15) is 9.59 Å². The molecule has 11 heteroatoms. The average molecular weight is 625 g/mol. The molecule has 7 rings (SSSR count). The zero-order chi connectivity index (χ0) is 32.3. The van der Waals surface area contributed by atoms with Crippen molar-refractivity contribution in [3.8, 4) is 23.0 Å². The van der Waals surface area contributed by atoms with Gasteiger partial charge in [0.2, 0.25) is 17.5 Å². The number of rotatable bonds is 6. The first-order valence-electron chi connectivity index (χ1n) is 15.2. The molecule has 4 aromatic rings. The molecular weight excluding hydrogens is 588 g/mol. The number of nitrogens with one attached hydrogen (secondary N) is 3. The van der Waals surface area contributed by atoms with Gasteiger partial charge in [-0.3, -0.25) is 9.59 Å². The third-order valence-electron chi connectivity index (χ3n) is 9.14. The van der Waals surface area contributed by atoms with E-state index in [2.05, 4.69) is 22.0 Å². The molecule has 0 saturated carbocycles. The molecule has 4 heterocycles. The molecule has 0 radical (unpaired) electrons. The van der Waals surface area contributed by atoms with Gasteiger partial charge >= 0.3 is 0 Å². The van der Waals surface area contributed by atoms with Gasteiger partial charge in [-0.1, -0.05) is 44.2 Å². The van der Waals surface area contributed by atoms with Crippen LogP contribution in [0.5, 0.6) is 23.0 Å². The summed E-state index contributed by atoms with van der Waals surface area (Å²) in [6.45, 7) is 5.91. The van der Waals surface area contributed by atoms with Crippen LogP contribution >= 0.6 is 0 Å². The normalized spacial score (nSPS) is 22.3. The zero-order valence-electron chi connectivity index (χ0n) is 26.5. The van der Waals surface area contributed by atoms with Gasteiger partial charge in [0.15, 0.2) is 17.7 Å². The number of para-hydroxylation sites is 1. The standard InChI is InChI=1S/C35H36N4O7/c1-17(2)28-33-36-18(3)30(46-33)35-21-9-7-8-10-23(21)38-34(35)45-25-12-11-19(13-22(25)35)14-24(32(41)39-28)37-31(40)20-15-26(42-4)29(44-6)27(16-20)43-5/h7-13,15-17,24,28,34,38H,14H2,1-6H3,(H,37,40)(H,39,41)/t24-,28-,34?,35?/m0/s1. The number of ether oxygens (including phenoxy) is 4. The van der Waals surface area contributed by atoms with Crippen molar-refractivity contribution in [2.75, 3.05) is 26.6 Å². The van der Waals surface area contributed by atoms with E-state index < -0.39 is 29.6 Å². The maximum atomic E-state index is 14.0. The molecule has 4 atom stereocenters. The second kappa shape index (κ2) is 11.0. The van der Waals surface area contributed by atoms with Crippen LogP contribution in [-0.4, -0.2) is 50.4 Å². The highest BCUT2D eigenvalue weighted by Crippen LogP contribution is 2.58. The number of aromatic nitrogens is 1. The van der Waals surface area contributed by atoms with Crippen molar-refractivity contribution in [3.63, 3.8) is 0 Å². The SMILES string of the molecule is COc1cc(C(=O)N[C@H]2Cc3ccc4c(c3)C3(c5ccccc5NC3O4)c3oc(nc3C)[C@H](C(C)C)NC2=O)cc(OC)c1OC. The molecule has 2 unspecified atom stereocenters. The molecule has 2 amide bonds. The van der Waals surface area contributed by atoms with Crippen molar-refractivity contribution in [1.82, 2.24) is 15.6 Å². The summed E-state index contributed by atoms with van der Waals surface area (Å²) in [7, 11) is 4.45. The number of carbonyl (C=O) groups excluding carboxylic acids is 2. The Morgan fingerprint density at radius 2 is 1.74 bits per heavy atom. The van der Waals surface area contributed by atoms with E-state index in [1.54, 1.807) is 12.1 Å². The minimum Gasteiger partial charge on any atom is -0.493 e. The van der Waals surface area contributed by atoms with Gasteiger partial charge in [0.05, 0.1) is 27.0 Å². The lowest BCUT2D eigenvalue weighted by Gasteiger charge is -2.28. The maximum absolute atomic E-state index is 14.0. The lowest BCUT2D eigenvalue weighted by Crippen LogP contribution is -2.49. The van der Waals surface area contributed by atoms with E-state index in [0.717, 1.165) is 22.4 Å². The fourth-order valence-electron chi connectivity index (χ4n) is 6.94. The first-order chi connectivity index (χ1) is 22.2. The monoisotopic (exact) mass is 624 g/mol. The number of hydrogen-bond acceptors (Lipinski definition) is 9. The van der Waals surface area contributed by atoms with Crippen LogP contribution < -0.4 is 34.9 Å². The number of carbonyl (C=O) groups is 2. The molecule has 0 aliphatic carbocycles. The Morgan fingerprint density at radius 3 is 2.43 bits per heavy atom. The van der Waals surface area contributed by atoms with Crippen LogP contribution in [0.3, 0.4) is 0 Å². The summed E-state index contributed by atoms with van der Waals surface area (Å²) >= 11 is 0. The fourth-order valence-corrected chi connectivity index (χ4v) is 6.94. The van der Waals surface area contributed by atoms with Crippen LogP contribution in [0.25, 0.3) is 0 Å². The van der Waals surface area contributed by atoms with E-state index in [1.165, 1.54) is 21.3 Å². The number of nitrogens with zero attached hydrogens (tertiary/aromatic N) is 1. The summed E-state index contributed by atoms with van der Waals surface area (Å²) < 4.78 is 29.6. The summed E-state index contributed by atoms with van der Waals surface area (Å²) in [5.74, 6) is 1.89. The molecule has 1 spiro atoms. The lowest BCUT2D eigenvalue weighted by atomic mass is 9.72. The first kappa shape index (κ1) is 29.5. The zero-order valence-corrected chi connectivity index (χ0v) is 26.5. The molecule has 3 N–H and O–H groups in total. The average Bonchev–Trinajstić information content (AvgIpc) is 3.69. The molecule has 3 aliphatic rings. The van der Waals surface area contributed by atoms with Gasteiger partial charge < -0.3 is 39.3 Å². The topological polar surface area (TPSA) is 133 Å². The van der Waals surface area contributed by atoms with Gasteiger partial charge in [-0.05, 0) is 48.2 Å². The summed E-state index contributed by atoms with van der Waals surface area (Å²) in [5.41, 5.74) is 3.89. The number of hydrogen-bond donors (Lipinski definition) is 3. The Hall–Kier alpha value is -5.19. The Bertz CT molecular complexity index is 1840. The fraction of sp³-hybridized carbons (Fsp3) is 0.343. The van der Waals surface area contributed by atoms with E-state index >= 15 is 0 Å². The highest BCUT2D eigenvalue weighted by atomic mass is 16.5. The first-order valence-corrected chi connectivity index (χ1v) is 15.2. The number of fused-ring (bicyclic) bond motifs is 4. The molecule has 3 aliphatic heterocycles. The van der Waals surface area contributed by atoms with Gasteiger partial charge in [-0.2, -0.15) is 0 Å². The largest absolute Gasteiger partial charge is 0.493 e. The van der Waals surface area contributed by atoms with Gasteiger partial charge in [0, 0.05) is 23.2 Å². The number of amides is 2. The number of benzene rings is 3. The van der Waals surface area contributed by atoms with Gasteiger partial charge in [-0.25, -0.2) is 4.98 Å². The molecule has 3 aromatic carbocycles. The van der Waals surface area contributed by atoms with Gasteiger partial charge in [0.25, 0.3) is 5.91 Å². The Kier molecular flexibility index (Phi) is 7.06. The summed E-state index contributed by atoms with van der Waals surface area (Å²) in [6, 6.07) is 15.6. The Balaban J connectivity index is 1.35. The Labute approximate surface area is 266 Å². The summed E-state index contributed by atoms with van der Waals surface area (Å²) in [6.07, 6.45) is -0.235. The third kappa shape index (κ3) is 4.36. The molecule has 0 fully saturated rings. The van der Waals surface area contributed by atoms with Crippen molar-refractivity contribution in [2.45, 2.75) is 50.9 Å². The van der Waals surface area contributed by atoms with E-state index in [-0.39, 0.29) is 23.8 Å². The predicted octanol–water partition coefficient (Wildman–Crippen LogP) is 4.66. The molecule has 11 nitrogen and oxygen atoms in total. The van der Waals surface area contributed by atoms with Crippen LogP contribution in [0.2, 0.25) is 0 Å². The van der Waals surface area contributed by atoms with Crippen LogP contribution in [0.4, 0.5) is 5.69 Å². The van der Waals surface area contributed by atoms with E-state index in [0.29, 0.717) is 40.3 Å². The van der Waals surface area contributed by atoms with Crippen LogP contribution in [0.15, 0.2) is 59.0 Å². The molecule has 4 bridgehead atoms. The van der Waals surface area contributed by atoms with Crippen LogP contribution in [-0.2, 0) is 16.6 Å². The van der Waals surface area contributed by atoms with E-state index in [4.69, 9.17) is 28.3 Å². The maximum Gasteiger partial charge on any atom is 0.252 e. The van der Waals surface area contributed by atoms with Crippen molar-refractivity contribution < 1.29 is 33.0 Å². The third-order valence-corrected chi connectivity index (χ3v) is 9.14. The van der Waals surface area contributed by atoms with Crippen LogP contribution in [0.1, 0.15) is 64.3 Å². The molecular formula is C35H36N4O7. The molecule has 46 heavy (non-hydrogen) atoms. The van der Waals surface area contributed by atoms with E-state index in [1.807, 2.05) is 57.2 Å². The highest BCUT2D eigenvalue weighted by molar-refractivity contribution is 5.98. The van der Waals surface area contributed by atoms with Crippen molar-refractivity contribution in [3.05, 3.63) is 94.2 Å². The van der Waals surface area contributed by atoms with Crippen molar-refractivity contribution in [2.24, 2.45) is 5.92 Å². The number of aryl methyl sites for hydroxylation is 1. The van der Waals surface area contributed by atoms with Crippen LogP contribution in [0, 0.1) is 12.8 Å². The minimum atomic E-state index is -0.941.